The van der Waals surface area contributed by atoms with Crippen LogP contribution >= 0.6 is 11.3 Å². The molecule has 1 aliphatic rings. The van der Waals surface area contributed by atoms with Crippen LogP contribution in [-0.2, 0) is 16.4 Å². The number of hydrogen-bond acceptors (Lipinski definition) is 8. The summed E-state index contributed by atoms with van der Waals surface area (Å²) >= 11 is 1.47. The molecule has 0 aliphatic carbocycles. The highest BCUT2D eigenvalue weighted by atomic mass is 32.2. The van der Waals surface area contributed by atoms with Crippen molar-refractivity contribution in [1.29, 1.82) is 0 Å². The molecule has 1 aromatic carbocycles. The van der Waals surface area contributed by atoms with Crippen LogP contribution in [0.1, 0.15) is 22.0 Å². The normalized spacial score (nSPS) is 15.8. The fourth-order valence-corrected chi connectivity index (χ4v) is 5.95. The van der Waals surface area contributed by atoms with Gasteiger partial charge in [-0.3, -0.25) is 0 Å². The van der Waals surface area contributed by atoms with Gasteiger partial charge < -0.3 is 9.42 Å². The molecule has 2 aromatic heterocycles. The molecule has 1 saturated heterocycles. The zero-order valence-corrected chi connectivity index (χ0v) is 17.6. The SMILES string of the molecule is Cc1noc(C)c1S(=O)(=O)N1CCN(c2nnc(Cc3ccc(F)cc3)s2)CC1. The minimum Gasteiger partial charge on any atom is -0.360 e. The molecule has 11 heteroatoms. The van der Waals surface area contributed by atoms with Crippen LogP contribution in [0.2, 0.25) is 0 Å². The van der Waals surface area contributed by atoms with Crippen molar-refractivity contribution in [2.24, 2.45) is 0 Å². The Morgan fingerprint density at radius 3 is 2.41 bits per heavy atom. The van der Waals surface area contributed by atoms with Crippen LogP contribution in [0, 0.1) is 19.7 Å². The Morgan fingerprint density at radius 1 is 1.10 bits per heavy atom. The van der Waals surface area contributed by atoms with E-state index in [-0.39, 0.29) is 10.7 Å². The molecule has 0 saturated carbocycles. The molecule has 1 fully saturated rings. The van der Waals surface area contributed by atoms with E-state index in [2.05, 4.69) is 15.4 Å². The van der Waals surface area contributed by atoms with E-state index >= 15 is 0 Å². The summed E-state index contributed by atoms with van der Waals surface area (Å²) in [4.78, 5) is 2.19. The van der Waals surface area contributed by atoms with Crippen LogP contribution < -0.4 is 4.90 Å². The number of piperazine rings is 1. The van der Waals surface area contributed by atoms with Gasteiger partial charge in [-0.2, -0.15) is 4.31 Å². The van der Waals surface area contributed by atoms with Crippen LogP contribution in [0.15, 0.2) is 33.7 Å². The van der Waals surface area contributed by atoms with Gasteiger partial charge in [0, 0.05) is 32.6 Å². The molecule has 29 heavy (non-hydrogen) atoms. The van der Waals surface area contributed by atoms with Gasteiger partial charge in [0.2, 0.25) is 15.2 Å². The molecule has 0 N–H and O–H groups in total. The number of aromatic nitrogens is 3. The Hall–Kier alpha value is -2.37. The highest BCUT2D eigenvalue weighted by molar-refractivity contribution is 7.89. The first-order valence-electron chi connectivity index (χ1n) is 9.09. The van der Waals surface area contributed by atoms with E-state index in [1.165, 1.54) is 27.8 Å². The smallest absolute Gasteiger partial charge is 0.248 e. The molecule has 1 aliphatic heterocycles. The number of sulfonamides is 1. The largest absolute Gasteiger partial charge is 0.360 e. The van der Waals surface area contributed by atoms with Crippen LogP contribution in [0.5, 0.6) is 0 Å². The fourth-order valence-electron chi connectivity index (χ4n) is 3.31. The van der Waals surface area contributed by atoms with Crippen molar-refractivity contribution >= 4 is 26.5 Å². The number of rotatable bonds is 5. The van der Waals surface area contributed by atoms with Gasteiger partial charge in [0.1, 0.15) is 21.4 Å². The number of benzene rings is 1. The van der Waals surface area contributed by atoms with Crippen LogP contribution in [0.3, 0.4) is 0 Å². The molecule has 3 aromatic rings. The van der Waals surface area contributed by atoms with Gasteiger partial charge in [0.25, 0.3) is 0 Å². The van der Waals surface area contributed by atoms with Crippen molar-refractivity contribution in [3.05, 3.63) is 52.1 Å². The molecule has 0 radical (unpaired) electrons. The monoisotopic (exact) mass is 437 g/mol. The lowest BCUT2D eigenvalue weighted by Gasteiger charge is -2.33. The van der Waals surface area contributed by atoms with E-state index in [9.17, 15) is 12.8 Å². The van der Waals surface area contributed by atoms with Crippen molar-refractivity contribution in [1.82, 2.24) is 19.7 Å². The first kappa shape index (κ1) is 19.9. The fraction of sp³-hybridized carbons (Fsp3) is 0.389. The van der Waals surface area contributed by atoms with E-state index < -0.39 is 10.0 Å². The topological polar surface area (TPSA) is 92.4 Å². The van der Waals surface area contributed by atoms with E-state index in [1.54, 1.807) is 26.0 Å². The first-order valence-corrected chi connectivity index (χ1v) is 11.3. The average Bonchev–Trinajstić information content (AvgIpc) is 3.30. The second-order valence-electron chi connectivity index (χ2n) is 6.83. The summed E-state index contributed by atoms with van der Waals surface area (Å²) in [6, 6.07) is 6.31. The number of anilines is 1. The van der Waals surface area contributed by atoms with Gasteiger partial charge >= 0.3 is 0 Å². The van der Waals surface area contributed by atoms with Crippen molar-refractivity contribution < 1.29 is 17.3 Å². The summed E-state index contributed by atoms with van der Waals surface area (Å²) in [5, 5.41) is 13.8. The number of aryl methyl sites for hydroxylation is 2. The van der Waals surface area contributed by atoms with Crippen molar-refractivity contribution in [2.45, 2.75) is 25.2 Å². The van der Waals surface area contributed by atoms with Crippen LogP contribution in [-0.4, -0.2) is 54.3 Å². The molecule has 0 bridgehead atoms. The molecule has 0 atom stereocenters. The molecule has 0 spiro atoms. The quantitative estimate of drug-likeness (QED) is 0.605. The zero-order valence-electron chi connectivity index (χ0n) is 16.0. The summed E-state index contributed by atoms with van der Waals surface area (Å²) < 4.78 is 45.3. The van der Waals surface area contributed by atoms with Gasteiger partial charge in [-0.05, 0) is 31.5 Å². The predicted molar refractivity (Wildman–Crippen MR) is 106 cm³/mol. The number of halogens is 1. The lowest BCUT2D eigenvalue weighted by atomic mass is 10.2. The second kappa shape index (κ2) is 7.81. The standard InChI is InChI=1S/C18H20FN5O3S2/c1-12-17(13(2)27-22-12)29(25,26)24-9-7-23(8-10-24)18-21-20-16(28-18)11-14-3-5-15(19)6-4-14/h3-6H,7-11H2,1-2H3. The Morgan fingerprint density at radius 2 is 1.79 bits per heavy atom. The van der Waals surface area contributed by atoms with Crippen molar-refractivity contribution in [3.63, 3.8) is 0 Å². The first-order chi connectivity index (χ1) is 13.8. The summed E-state index contributed by atoms with van der Waals surface area (Å²) in [5.74, 6) is 0.0376. The third kappa shape index (κ3) is 4.02. The molecule has 0 unspecified atom stereocenters. The minimum atomic E-state index is -3.64. The predicted octanol–water partition coefficient (Wildman–Crippen LogP) is 2.38. The summed E-state index contributed by atoms with van der Waals surface area (Å²) in [6.07, 6.45) is 0.582. The maximum absolute atomic E-state index is 13.0. The van der Waals surface area contributed by atoms with Crippen LogP contribution in [0.25, 0.3) is 0 Å². The van der Waals surface area contributed by atoms with Gasteiger partial charge in [-0.1, -0.05) is 28.6 Å². The molecule has 4 rings (SSSR count). The van der Waals surface area contributed by atoms with E-state index in [4.69, 9.17) is 4.52 Å². The molecular formula is C18H20FN5O3S2. The van der Waals surface area contributed by atoms with Gasteiger partial charge in [0.05, 0.1) is 0 Å². The van der Waals surface area contributed by atoms with E-state index in [1.807, 2.05) is 4.90 Å². The highest BCUT2D eigenvalue weighted by Gasteiger charge is 2.33. The van der Waals surface area contributed by atoms with Gasteiger partial charge in [-0.25, -0.2) is 12.8 Å². The number of nitrogens with zero attached hydrogens (tertiary/aromatic N) is 5. The maximum Gasteiger partial charge on any atom is 0.248 e. The van der Waals surface area contributed by atoms with E-state index in [0.717, 1.165) is 15.7 Å². The zero-order chi connectivity index (χ0) is 20.6. The Bertz CT molecular complexity index is 1080. The van der Waals surface area contributed by atoms with Crippen molar-refractivity contribution in [3.8, 4) is 0 Å². The number of hydrogen-bond donors (Lipinski definition) is 0. The van der Waals surface area contributed by atoms with Gasteiger partial charge in [0.15, 0.2) is 5.76 Å². The second-order valence-corrected chi connectivity index (χ2v) is 9.74. The van der Waals surface area contributed by atoms with E-state index in [0.29, 0.717) is 44.1 Å². The summed E-state index contributed by atoms with van der Waals surface area (Å²) in [7, 11) is -3.64. The Balaban J connectivity index is 1.41. The third-order valence-electron chi connectivity index (χ3n) is 4.80. The summed E-state index contributed by atoms with van der Waals surface area (Å²) in [5.41, 5.74) is 1.34. The lowest BCUT2D eigenvalue weighted by Crippen LogP contribution is -2.48. The summed E-state index contributed by atoms with van der Waals surface area (Å²) in [6.45, 7) is 4.97. The molecule has 8 nitrogen and oxygen atoms in total. The van der Waals surface area contributed by atoms with Crippen molar-refractivity contribution in [2.75, 3.05) is 31.1 Å². The molecule has 154 valence electrons. The molecular weight excluding hydrogens is 417 g/mol. The maximum atomic E-state index is 13.0. The molecule has 0 amide bonds. The average molecular weight is 438 g/mol. The van der Waals surface area contributed by atoms with Gasteiger partial charge in [-0.15, -0.1) is 10.2 Å². The highest BCUT2D eigenvalue weighted by Crippen LogP contribution is 2.27. The Kier molecular flexibility index (Phi) is 5.36. The Labute approximate surface area is 172 Å². The lowest BCUT2D eigenvalue weighted by molar-refractivity contribution is 0.378. The van der Waals surface area contributed by atoms with Crippen LogP contribution in [0.4, 0.5) is 9.52 Å². The minimum absolute atomic E-state index is 0.156. The molecule has 3 heterocycles. The third-order valence-corrected chi connectivity index (χ3v) is 7.93.